The Bertz CT molecular complexity index is 452. The van der Waals surface area contributed by atoms with E-state index in [9.17, 15) is 4.79 Å². The number of ether oxygens (including phenoxy) is 1. The van der Waals surface area contributed by atoms with E-state index in [1.807, 2.05) is 40.7 Å². The van der Waals surface area contributed by atoms with Gasteiger partial charge in [-0.05, 0) is 41.0 Å². The van der Waals surface area contributed by atoms with Gasteiger partial charge in [-0.2, -0.15) is 0 Å². The van der Waals surface area contributed by atoms with Crippen molar-refractivity contribution < 1.29 is 9.53 Å². The number of hydrogen-bond donors (Lipinski definition) is 1. The van der Waals surface area contributed by atoms with E-state index in [0.717, 1.165) is 12.1 Å². The summed E-state index contributed by atoms with van der Waals surface area (Å²) in [5, 5.41) is 3.05. The van der Waals surface area contributed by atoms with Crippen LogP contribution in [0, 0.1) is 6.92 Å². The summed E-state index contributed by atoms with van der Waals surface area (Å²) < 4.78 is 5.31. The Morgan fingerprint density at radius 3 is 2.58 bits per heavy atom. The second kappa shape index (κ2) is 5.99. The Balaban J connectivity index is 2.74. The number of hydrogen-bond acceptors (Lipinski definition) is 5. The van der Waals surface area contributed by atoms with Crippen molar-refractivity contribution in [3.63, 3.8) is 0 Å². The van der Waals surface area contributed by atoms with E-state index in [-0.39, 0.29) is 5.97 Å². The van der Waals surface area contributed by atoms with Gasteiger partial charge in [0.15, 0.2) is 0 Å². The summed E-state index contributed by atoms with van der Waals surface area (Å²) in [5.74, 6) is 1.06. The lowest BCUT2D eigenvalue weighted by molar-refractivity contribution is -0.155. The van der Waals surface area contributed by atoms with E-state index in [4.69, 9.17) is 4.74 Å². The molecule has 0 spiro atoms. The lowest BCUT2D eigenvalue weighted by Crippen LogP contribution is -2.34. The summed E-state index contributed by atoms with van der Waals surface area (Å²) in [4.78, 5) is 20.4. The number of carbonyl (C=O) groups is 1. The number of anilines is 1. The third kappa shape index (κ3) is 5.24. The van der Waals surface area contributed by atoms with Crippen LogP contribution in [0.5, 0.6) is 0 Å². The van der Waals surface area contributed by atoms with Gasteiger partial charge in [-0.25, -0.2) is 14.8 Å². The maximum absolute atomic E-state index is 11.9. The molecule has 0 fully saturated rings. The second-order valence-corrected chi connectivity index (χ2v) is 5.54. The number of rotatable bonds is 4. The molecule has 1 rings (SSSR count). The number of aryl methyl sites for hydroxylation is 2. The molecule has 1 aromatic rings. The molecule has 1 aromatic heterocycles. The molecule has 0 aliphatic heterocycles. The summed E-state index contributed by atoms with van der Waals surface area (Å²) >= 11 is 0. The average Bonchev–Trinajstić information content (AvgIpc) is 2.25. The monoisotopic (exact) mass is 265 g/mol. The van der Waals surface area contributed by atoms with Crippen molar-refractivity contribution in [3.8, 4) is 0 Å². The van der Waals surface area contributed by atoms with Crippen LogP contribution in [0.4, 0.5) is 5.82 Å². The van der Waals surface area contributed by atoms with Crippen LogP contribution in [0.25, 0.3) is 0 Å². The van der Waals surface area contributed by atoms with Gasteiger partial charge in [-0.1, -0.05) is 6.92 Å². The predicted molar refractivity (Wildman–Crippen MR) is 75.1 cm³/mol. The van der Waals surface area contributed by atoms with Gasteiger partial charge in [0.2, 0.25) is 0 Å². The third-order valence-electron chi connectivity index (χ3n) is 2.38. The minimum Gasteiger partial charge on any atom is -0.458 e. The highest BCUT2D eigenvalue weighted by Crippen LogP contribution is 2.12. The van der Waals surface area contributed by atoms with E-state index in [2.05, 4.69) is 15.3 Å². The molecule has 0 aliphatic carbocycles. The van der Waals surface area contributed by atoms with Gasteiger partial charge in [0.25, 0.3) is 0 Å². The molecule has 0 saturated heterocycles. The Morgan fingerprint density at radius 2 is 2.05 bits per heavy atom. The van der Waals surface area contributed by atoms with Crippen LogP contribution in [-0.4, -0.2) is 27.6 Å². The van der Waals surface area contributed by atoms with E-state index in [1.54, 1.807) is 6.92 Å². The molecule has 0 aliphatic rings. The molecule has 5 heteroatoms. The van der Waals surface area contributed by atoms with Crippen molar-refractivity contribution in [3.05, 3.63) is 17.6 Å². The molecule has 106 valence electrons. The summed E-state index contributed by atoms with van der Waals surface area (Å²) in [6, 6.07) is 1.41. The van der Waals surface area contributed by atoms with Crippen LogP contribution in [0.15, 0.2) is 6.07 Å². The standard InChI is InChI=1S/C14H23N3O2/c1-7-11-8-12(17-10(3)16-11)15-9(2)13(18)19-14(4,5)6/h8-9H,7H2,1-6H3,(H,15,16,17)/t9-/m1/s1. The largest absolute Gasteiger partial charge is 0.458 e. The molecule has 0 amide bonds. The Labute approximate surface area is 114 Å². The van der Waals surface area contributed by atoms with E-state index < -0.39 is 11.6 Å². The Hall–Kier alpha value is -1.65. The first-order chi connectivity index (χ1) is 8.71. The van der Waals surface area contributed by atoms with Crippen LogP contribution in [0.1, 0.15) is 46.1 Å². The molecule has 0 saturated carbocycles. The van der Waals surface area contributed by atoms with Crippen molar-refractivity contribution in [2.75, 3.05) is 5.32 Å². The zero-order valence-corrected chi connectivity index (χ0v) is 12.6. The van der Waals surface area contributed by atoms with E-state index in [1.165, 1.54) is 0 Å². The molecular formula is C14H23N3O2. The molecule has 0 unspecified atom stereocenters. The number of carbonyl (C=O) groups excluding carboxylic acids is 1. The fraction of sp³-hybridized carbons (Fsp3) is 0.643. The van der Waals surface area contributed by atoms with Gasteiger partial charge < -0.3 is 10.1 Å². The number of nitrogens with one attached hydrogen (secondary N) is 1. The first-order valence-electron chi connectivity index (χ1n) is 6.55. The van der Waals surface area contributed by atoms with Crippen molar-refractivity contribution >= 4 is 11.8 Å². The predicted octanol–water partition coefficient (Wildman–Crippen LogP) is 2.49. The second-order valence-electron chi connectivity index (χ2n) is 5.54. The smallest absolute Gasteiger partial charge is 0.328 e. The van der Waals surface area contributed by atoms with Crippen LogP contribution < -0.4 is 5.32 Å². The topological polar surface area (TPSA) is 64.1 Å². The van der Waals surface area contributed by atoms with Crippen molar-refractivity contribution in [1.82, 2.24) is 9.97 Å². The maximum Gasteiger partial charge on any atom is 0.328 e. The quantitative estimate of drug-likeness (QED) is 0.847. The first-order valence-corrected chi connectivity index (χ1v) is 6.55. The zero-order valence-electron chi connectivity index (χ0n) is 12.6. The molecule has 19 heavy (non-hydrogen) atoms. The van der Waals surface area contributed by atoms with Gasteiger partial charge >= 0.3 is 5.97 Å². The fourth-order valence-electron chi connectivity index (χ4n) is 1.56. The molecule has 5 nitrogen and oxygen atoms in total. The number of esters is 1. The SMILES string of the molecule is CCc1cc(N[C@H](C)C(=O)OC(C)(C)C)nc(C)n1. The average molecular weight is 265 g/mol. The Kier molecular flexibility index (Phi) is 4.86. The van der Waals surface area contributed by atoms with Crippen LogP contribution in [-0.2, 0) is 16.0 Å². The summed E-state index contributed by atoms with van der Waals surface area (Å²) in [6.45, 7) is 11.2. The van der Waals surface area contributed by atoms with Gasteiger partial charge in [0, 0.05) is 11.8 Å². The number of aromatic nitrogens is 2. The van der Waals surface area contributed by atoms with Crippen molar-refractivity contribution in [2.24, 2.45) is 0 Å². The van der Waals surface area contributed by atoms with Crippen LogP contribution in [0.2, 0.25) is 0 Å². The van der Waals surface area contributed by atoms with Gasteiger partial charge in [0.1, 0.15) is 23.3 Å². The van der Waals surface area contributed by atoms with E-state index in [0.29, 0.717) is 11.6 Å². The van der Waals surface area contributed by atoms with Crippen LogP contribution >= 0.6 is 0 Å². The lowest BCUT2D eigenvalue weighted by atomic mass is 10.2. The minimum absolute atomic E-state index is 0.290. The first kappa shape index (κ1) is 15.4. The van der Waals surface area contributed by atoms with E-state index >= 15 is 0 Å². The minimum atomic E-state index is -0.483. The van der Waals surface area contributed by atoms with Gasteiger partial charge in [-0.15, -0.1) is 0 Å². The summed E-state index contributed by atoms with van der Waals surface area (Å²) in [7, 11) is 0. The third-order valence-corrected chi connectivity index (χ3v) is 2.38. The highest BCUT2D eigenvalue weighted by molar-refractivity contribution is 5.78. The molecule has 0 aromatic carbocycles. The number of nitrogens with zero attached hydrogens (tertiary/aromatic N) is 2. The summed E-state index contributed by atoms with van der Waals surface area (Å²) in [6.07, 6.45) is 0.832. The summed E-state index contributed by atoms with van der Waals surface area (Å²) in [5.41, 5.74) is 0.467. The molecular weight excluding hydrogens is 242 g/mol. The molecule has 1 N–H and O–H groups in total. The highest BCUT2D eigenvalue weighted by Gasteiger charge is 2.21. The van der Waals surface area contributed by atoms with Gasteiger partial charge in [0.05, 0.1) is 0 Å². The normalized spacial score (nSPS) is 12.9. The van der Waals surface area contributed by atoms with Crippen LogP contribution in [0.3, 0.4) is 0 Å². The maximum atomic E-state index is 11.9. The molecule has 1 atom stereocenters. The molecule has 1 heterocycles. The highest BCUT2D eigenvalue weighted by atomic mass is 16.6. The van der Waals surface area contributed by atoms with Crippen molar-refractivity contribution in [2.45, 2.75) is 59.6 Å². The van der Waals surface area contributed by atoms with Crippen molar-refractivity contribution in [1.29, 1.82) is 0 Å². The lowest BCUT2D eigenvalue weighted by Gasteiger charge is -2.23. The molecule has 0 radical (unpaired) electrons. The zero-order chi connectivity index (χ0) is 14.6. The van der Waals surface area contributed by atoms with Gasteiger partial charge in [-0.3, -0.25) is 0 Å². The Morgan fingerprint density at radius 1 is 1.42 bits per heavy atom. The molecule has 0 bridgehead atoms. The fourth-order valence-corrected chi connectivity index (χ4v) is 1.56.